The zero-order valence-corrected chi connectivity index (χ0v) is 12.8. The number of aromatic nitrogens is 1. The van der Waals surface area contributed by atoms with E-state index in [9.17, 15) is 8.42 Å². The normalized spacial score (nSPS) is 19.6. The number of thiophene rings is 1. The quantitative estimate of drug-likeness (QED) is 0.906. The third-order valence-electron chi connectivity index (χ3n) is 3.25. The van der Waals surface area contributed by atoms with E-state index in [1.165, 1.54) is 9.78 Å². The van der Waals surface area contributed by atoms with Crippen LogP contribution in [0.4, 0.5) is 0 Å². The van der Waals surface area contributed by atoms with Gasteiger partial charge < -0.3 is 4.90 Å². The number of nitrogens with zero attached hydrogens (tertiary/aromatic N) is 1. The maximum absolute atomic E-state index is 11.4. The fourth-order valence-corrected chi connectivity index (χ4v) is 5.20. The number of nitrogens with one attached hydrogen (secondary N) is 1. The molecule has 1 saturated heterocycles. The van der Waals surface area contributed by atoms with Crippen LogP contribution in [0.1, 0.15) is 5.69 Å². The van der Waals surface area contributed by atoms with Gasteiger partial charge in [-0.1, -0.05) is 6.07 Å². The number of sulfone groups is 1. The first-order chi connectivity index (χ1) is 9.12. The van der Waals surface area contributed by atoms with Crippen LogP contribution in [0.2, 0.25) is 0 Å². The summed E-state index contributed by atoms with van der Waals surface area (Å²) in [4.78, 5) is 7.16. The lowest BCUT2D eigenvalue weighted by Crippen LogP contribution is -3.13. The summed E-state index contributed by atoms with van der Waals surface area (Å²) in [6.07, 6.45) is 0. The highest BCUT2D eigenvalue weighted by molar-refractivity contribution is 7.91. The van der Waals surface area contributed by atoms with E-state index < -0.39 is 9.84 Å². The van der Waals surface area contributed by atoms with E-state index in [0.29, 0.717) is 24.6 Å². The molecule has 0 aromatic carbocycles. The SMILES string of the molecule is O=S1(=O)CC[NH+](Cc2csc(-c3cccs3)n2)CC1. The number of rotatable bonds is 3. The first-order valence-electron chi connectivity index (χ1n) is 6.15. The molecule has 0 amide bonds. The number of hydrogen-bond acceptors (Lipinski definition) is 5. The van der Waals surface area contributed by atoms with Crippen LogP contribution in [-0.2, 0) is 16.4 Å². The Bertz CT molecular complexity index is 632. The predicted molar refractivity (Wildman–Crippen MR) is 78.5 cm³/mol. The Hall–Kier alpha value is -0.760. The Morgan fingerprint density at radius 3 is 2.74 bits per heavy atom. The molecule has 0 saturated carbocycles. The lowest BCUT2D eigenvalue weighted by atomic mass is 10.4. The molecule has 0 radical (unpaired) electrons. The van der Waals surface area contributed by atoms with E-state index in [2.05, 4.69) is 21.8 Å². The van der Waals surface area contributed by atoms with Crippen molar-refractivity contribution in [1.82, 2.24) is 4.98 Å². The molecule has 0 unspecified atom stereocenters. The summed E-state index contributed by atoms with van der Waals surface area (Å²) in [6.45, 7) is 2.24. The summed E-state index contributed by atoms with van der Waals surface area (Å²) in [5.41, 5.74) is 1.07. The lowest BCUT2D eigenvalue weighted by Gasteiger charge is -2.22. The molecule has 1 aliphatic rings. The van der Waals surface area contributed by atoms with Gasteiger partial charge in [0.25, 0.3) is 0 Å². The third-order valence-corrected chi connectivity index (χ3v) is 6.83. The van der Waals surface area contributed by atoms with Crippen LogP contribution in [0, 0.1) is 0 Å². The Morgan fingerprint density at radius 2 is 2.05 bits per heavy atom. The third kappa shape index (κ3) is 3.22. The Labute approximate surface area is 120 Å². The summed E-state index contributed by atoms with van der Waals surface area (Å²) in [7, 11) is -2.78. The van der Waals surface area contributed by atoms with Gasteiger partial charge in [-0.05, 0) is 11.4 Å². The second-order valence-corrected chi connectivity index (χ2v) is 8.81. The largest absolute Gasteiger partial charge is 0.328 e. The molecular weight excluding hydrogens is 300 g/mol. The molecular formula is C12H15N2O2S3+. The molecule has 1 fully saturated rings. The molecule has 0 bridgehead atoms. The van der Waals surface area contributed by atoms with E-state index in [1.54, 1.807) is 22.7 Å². The van der Waals surface area contributed by atoms with E-state index >= 15 is 0 Å². The zero-order chi connectivity index (χ0) is 13.3. The van der Waals surface area contributed by atoms with Crippen molar-refractivity contribution in [2.45, 2.75) is 6.54 Å². The highest BCUT2D eigenvalue weighted by Crippen LogP contribution is 2.27. The van der Waals surface area contributed by atoms with E-state index in [4.69, 9.17) is 0 Å². The van der Waals surface area contributed by atoms with Gasteiger partial charge in [-0.3, -0.25) is 0 Å². The first kappa shape index (κ1) is 13.2. The smallest absolute Gasteiger partial charge is 0.161 e. The van der Waals surface area contributed by atoms with Gasteiger partial charge in [-0.15, -0.1) is 22.7 Å². The molecule has 1 N–H and O–H groups in total. The van der Waals surface area contributed by atoms with E-state index in [-0.39, 0.29) is 0 Å². The fourth-order valence-electron chi connectivity index (χ4n) is 2.16. The molecule has 0 spiro atoms. The highest BCUT2D eigenvalue weighted by Gasteiger charge is 2.25. The maximum Gasteiger partial charge on any atom is 0.161 e. The topological polar surface area (TPSA) is 51.5 Å². The summed E-state index contributed by atoms with van der Waals surface area (Å²) in [5, 5.41) is 5.21. The van der Waals surface area contributed by atoms with Crippen molar-refractivity contribution in [3.8, 4) is 9.88 Å². The van der Waals surface area contributed by atoms with Crippen LogP contribution >= 0.6 is 22.7 Å². The Kier molecular flexibility index (Phi) is 3.70. The van der Waals surface area contributed by atoms with Crippen molar-refractivity contribution in [2.24, 2.45) is 0 Å². The number of quaternary nitrogens is 1. The molecule has 19 heavy (non-hydrogen) atoms. The molecule has 102 valence electrons. The van der Waals surface area contributed by atoms with Crippen molar-refractivity contribution >= 4 is 32.5 Å². The van der Waals surface area contributed by atoms with Crippen LogP contribution in [-0.4, -0.2) is 38.0 Å². The predicted octanol–water partition coefficient (Wildman–Crippen LogP) is 0.685. The van der Waals surface area contributed by atoms with Gasteiger partial charge in [0.1, 0.15) is 17.2 Å². The van der Waals surface area contributed by atoms with Gasteiger partial charge in [-0.25, -0.2) is 13.4 Å². The lowest BCUT2D eigenvalue weighted by molar-refractivity contribution is -0.910. The molecule has 4 nitrogen and oxygen atoms in total. The standard InChI is InChI=1S/C12H14N2O2S3/c15-19(16)6-3-14(4-7-19)8-10-9-18-12(13-10)11-2-1-5-17-11/h1-2,5,9H,3-4,6-8H2/p+1. The van der Waals surface area contributed by atoms with Crippen LogP contribution in [0.3, 0.4) is 0 Å². The number of hydrogen-bond donors (Lipinski definition) is 1. The van der Waals surface area contributed by atoms with Crippen molar-refractivity contribution in [3.63, 3.8) is 0 Å². The zero-order valence-electron chi connectivity index (χ0n) is 10.3. The minimum atomic E-state index is -2.78. The summed E-state index contributed by atoms with van der Waals surface area (Å²) in [5.74, 6) is 0.620. The molecule has 7 heteroatoms. The molecule has 0 atom stereocenters. The van der Waals surface area contributed by atoms with Crippen LogP contribution in [0.5, 0.6) is 0 Å². The molecule has 1 aliphatic heterocycles. The van der Waals surface area contributed by atoms with Crippen LogP contribution < -0.4 is 4.90 Å². The second kappa shape index (κ2) is 5.32. The summed E-state index contributed by atoms with van der Waals surface area (Å²) < 4.78 is 22.8. The van der Waals surface area contributed by atoms with Crippen molar-refractivity contribution in [1.29, 1.82) is 0 Å². The molecule has 2 aromatic heterocycles. The maximum atomic E-state index is 11.4. The second-order valence-electron chi connectivity index (χ2n) is 4.70. The average Bonchev–Trinajstić information content (AvgIpc) is 3.02. The molecule has 0 aliphatic carbocycles. The average molecular weight is 315 g/mol. The Morgan fingerprint density at radius 1 is 1.26 bits per heavy atom. The fraction of sp³-hybridized carbons (Fsp3) is 0.417. The van der Waals surface area contributed by atoms with Gasteiger partial charge in [0.15, 0.2) is 9.84 Å². The summed E-state index contributed by atoms with van der Waals surface area (Å²) in [6, 6.07) is 4.11. The van der Waals surface area contributed by atoms with Gasteiger partial charge in [0, 0.05) is 5.38 Å². The number of thiazole rings is 1. The van der Waals surface area contributed by atoms with Crippen molar-refractivity contribution in [3.05, 3.63) is 28.6 Å². The van der Waals surface area contributed by atoms with Crippen molar-refractivity contribution < 1.29 is 13.3 Å². The molecule has 3 rings (SSSR count). The van der Waals surface area contributed by atoms with Crippen LogP contribution in [0.25, 0.3) is 9.88 Å². The van der Waals surface area contributed by atoms with Crippen molar-refractivity contribution in [2.75, 3.05) is 24.6 Å². The summed E-state index contributed by atoms with van der Waals surface area (Å²) >= 11 is 3.36. The minimum Gasteiger partial charge on any atom is -0.328 e. The monoisotopic (exact) mass is 315 g/mol. The van der Waals surface area contributed by atoms with E-state index in [1.807, 2.05) is 6.07 Å². The van der Waals surface area contributed by atoms with E-state index in [0.717, 1.165) is 17.2 Å². The first-order valence-corrected chi connectivity index (χ1v) is 9.73. The van der Waals surface area contributed by atoms with Gasteiger partial charge in [0.05, 0.1) is 29.5 Å². The Balaban J connectivity index is 1.65. The van der Waals surface area contributed by atoms with Crippen LogP contribution in [0.15, 0.2) is 22.9 Å². The highest BCUT2D eigenvalue weighted by atomic mass is 32.2. The van der Waals surface area contributed by atoms with Gasteiger partial charge >= 0.3 is 0 Å². The molecule has 3 heterocycles. The van der Waals surface area contributed by atoms with Gasteiger partial charge in [-0.2, -0.15) is 0 Å². The van der Waals surface area contributed by atoms with Gasteiger partial charge in [0.2, 0.25) is 0 Å². The minimum absolute atomic E-state index is 0.310. The molecule has 2 aromatic rings.